The maximum Gasteiger partial charge on any atom is 0.222 e. The van der Waals surface area contributed by atoms with Gasteiger partial charge in [-0.2, -0.15) is 5.10 Å². The van der Waals surface area contributed by atoms with Crippen LogP contribution < -0.4 is 15.4 Å². The van der Waals surface area contributed by atoms with Gasteiger partial charge in [-0.25, -0.2) is 9.97 Å². The molecule has 0 amide bonds. The number of anilines is 2. The summed E-state index contributed by atoms with van der Waals surface area (Å²) in [6.07, 6.45) is 7.82. The molecule has 4 rings (SSSR count). The summed E-state index contributed by atoms with van der Waals surface area (Å²) in [4.78, 5) is 9.19. The quantitative estimate of drug-likeness (QED) is 0.468. The van der Waals surface area contributed by atoms with Crippen LogP contribution in [0.5, 0.6) is 5.88 Å². The number of nitrogens with one attached hydrogen (secondary N) is 3. The highest BCUT2D eigenvalue weighted by Crippen LogP contribution is 2.37. The van der Waals surface area contributed by atoms with Gasteiger partial charge in [0.2, 0.25) is 5.88 Å². The van der Waals surface area contributed by atoms with Crippen molar-refractivity contribution in [1.82, 2.24) is 19.7 Å². The van der Waals surface area contributed by atoms with Gasteiger partial charge in [0.15, 0.2) is 0 Å². The minimum absolute atomic E-state index is 0.409. The zero-order chi connectivity index (χ0) is 21.1. The second-order valence-electron chi connectivity index (χ2n) is 7.49. The van der Waals surface area contributed by atoms with Gasteiger partial charge in [0.25, 0.3) is 0 Å². The van der Waals surface area contributed by atoms with Gasteiger partial charge >= 0.3 is 0 Å². The van der Waals surface area contributed by atoms with Crippen molar-refractivity contribution >= 4 is 17.1 Å². The zero-order valence-corrected chi connectivity index (χ0v) is 17.6. The van der Waals surface area contributed by atoms with Crippen molar-refractivity contribution in [2.24, 2.45) is 7.05 Å². The first-order valence-corrected chi connectivity index (χ1v) is 10.2. The Bertz CT molecular complexity index is 1060. The molecule has 0 radical (unpaired) electrons. The third kappa shape index (κ3) is 4.42. The topological polar surface area (TPSA) is 101 Å². The summed E-state index contributed by atoms with van der Waals surface area (Å²) < 4.78 is 7.50. The second kappa shape index (κ2) is 8.52. The highest BCUT2D eigenvalue weighted by Gasteiger charge is 2.25. The molecule has 1 aliphatic rings. The van der Waals surface area contributed by atoms with E-state index in [1.54, 1.807) is 17.8 Å². The standard InChI is InChI=1S/C22H27N7O/c1-4-30-22-17(6-5-9-24-22)18-10-19(25-11-15-12-26-29(3)13-15)21(27-16-7-8-16)20(28-18)14(2)23/h5-6,9-10,12-13,16,23,27H,4,7-8,11H2,1-3H3,(H,25,28). The Morgan fingerprint density at radius 1 is 1.37 bits per heavy atom. The van der Waals surface area contributed by atoms with Crippen LogP contribution in [-0.2, 0) is 13.6 Å². The van der Waals surface area contributed by atoms with Crippen LogP contribution in [0.25, 0.3) is 11.3 Å². The van der Waals surface area contributed by atoms with Crippen molar-refractivity contribution < 1.29 is 4.74 Å². The maximum atomic E-state index is 8.34. The molecule has 1 saturated carbocycles. The molecular formula is C22H27N7O. The normalized spacial score (nSPS) is 13.2. The highest BCUT2D eigenvalue weighted by atomic mass is 16.5. The average Bonchev–Trinajstić information content (AvgIpc) is 3.46. The Labute approximate surface area is 176 Å². The summed E-state index contributed by atoms with van der Waals surface area (Å²) in [6, 6.07) is 6.26. The molecule has 1 aliphatic carbocycles. The van der Waals surface area contributed by atoms with Gasteiger partial charge in [-0.15, -0.1) is 0 Å². The lowest BCUT2D eigenvalue weighted by Crippen LogP contribution is -2.13. The highest BCUT2D eigenvalue weighted by molar-refractivity contribution is 6.03. The molecule has 156 valence electrons. The number of hydrogen-bond donors (Lipinski definition) is 3. The van der Waals surface area contributed by atoms with Gasteiger partial charge in [-0.05, 0) is 44.9 Å². The van der Waals surface area contributed by atoms with Crippen molar-refractivity contribution in [3.05, 3.63) is 48.0 Å². The Balaban J connectivity index is 1.77. The third-order valence-corrected chi connectivity index (χ3v) is 4.87. The van der Waals surface area contributed by atoms with Gasteiger partial charge in [0.05, 0.1) is 41.1 Å². The molecule has 3 aromatic rings. The van der Waals surface area contributed by atoms with Crippen molar-refractivity contribution in [2.45, 2.75) is 39.3 Å². The molecule has 0 spiro atoms. The predicted molar refractivity (Wildman–Crippen MR) is 118 cm³/mol. The molecule has 0 unspecified atom stereocenters. The fourth-order valence-electron chi connectivity index (χ4n) is 3.27. The van der Waals surface area contributed by atoms with Gasteiger partial charge < -0.3 is 20.8 Å². The fraction of sp³-hybridized carbons (Fsp3) is 0.364. The lowest BCUT2D eigenvalue weighted by molar-refractivity contribution is 0.328. The molecule has 0 bridgehead atoms. The molecule has 0 saturated heterocycles. The van der Waals surface area contributed by atoms with E-state index in [-0.39, 0.29) is 0 Å². The van der Waals surface area contributed by atoms with Crippen LogP contribution in [0.1, 0.15) is 37.9 Å². The van der Waals surface area contributed by atoms with Gasteiger partial charge in [0, 0.05) is 37.6 Å². The monoisotopic (exact) mass is 405 g/mol. The van der Waals surface area contributed by atoms with Crippen molar-refractivity contribution in [3.8, 4) is 17.1 Å². The molecule has 0 aromatic carbocycles. The molecule has 8 heteroatoms. The van der Waals surface area contributed by atoms with Crippen LogP contribution in [0.2, 0.25) is 0 Å². The number of nitrogens with zero attached hydrogens (tertiary/aromatic N) is 4. The number of aromatic nitrogens is 4. The van der Waals surface area contributed by atoms with Crippen LogP contribution in [0.15, 0.2) is 36.8 Å². The van der Waals surface area contributed by atoms with E-state index in [0.29, 0.717) is 36.5 Å². The first-order chi connectivity index (χ1) is 14.5. The lowest BCUT2D eigenvalue weighted by atomic mass is 10.1. The van der Waals surface area contributed by atoms with Crippen molar-refractivity contribution in [2.75, 3.05) is 17.2 Å². The smallest absolute Gasteiger partial charge is 0.222 e. The summed E-state index contributed by atoms with van der Waals surface area (Å²) in [6.45, 7) is 4.84. The molecule has 3 heterocycles. The van der Waals surface area contributed by atoms with E-state index in [1.165, 1.54) is 0 Å². The Hall–Kier alpha value is -3.42. The molecule has 1 fully saturated rings. The third-order valence-electron chi connectivity index (χ3n) is 4.87. The van der Waals surface area contributed by atoms with Crippen LogP contribution in [-0.4, -0.2) is 38.1 Å². The van der Waals surface area contributed by atoms with Crippen LogP contribution in [0, 0.1) is 5.41 Å². The summed E-state index contributed by atoms with van der Waals surface area (Å²) >= 11 is 0. The fourth-order valence-corrected chi connectivity index (χ4v) is 3.27. The number of rotatable bonds is 9. The zero-order valence-electron chi connectivity index (χ0n) is 17.6. The number of hydrogen-bond acceptors (Lipinski definition) is 7. The second-order valence-corrected chi connectivity index (χ2v) is 7.49. The predicted octanol–water partition coefficient (Wildman–Crippen LogP) is 3.85. The number of aryl methyl sites for hydroxylation is 1. The molecule has 0 aliphatic heterocycles. The largest absolute Gasteiger partial charge is 0.477 e. The van der Waals surface area contributed by atoms with Gasteiger partial charge in [-0.1, -0.05) is 0 Å². The van der Waals surface area contributed by atoms with Crippen LogP contribution in [0.3, 0.4) is 0 Å². The summed E-state index contributed by atoms with van der Waals surface area (Å²) in [5.41, 5.74) is 5.44. The van der Waals surface area contributed by atoms with Crippen molar-refractivity contribution in [1.29, 1.82) is 5.41 Å². The molecule has 3 aromatic heterocycles. The van der Waals surface area contributed by atoms with E-state index in [4.69, 9.17) is 15.1 Å². The van der Waals surface area contributed by atoms with Crippen LogP contribution in [0.4, 0.5) is 11.4 Å². The van der Waals surface area contributed by atoms with Crippen LogP contribution >= 0.6 is 0 Å². The average molecular weight is 406 g/mol. The van der Waals surface area contributed by atoms with Gasteiger partial charge in [-0.3, -0.25) is 4.68 Å². The summed E-state index contributed by atoms with van der Waals surface area (Å²) in [5, 5.41) is 19.7. The summed E-state index contributed by atoms with van der Waals surface area (Å²) in [7, 11) is 1.91. The van der Waals surface area contributed by atoms with E-state index < -0.39 is 0 Å². The molecule has 30 heavy (non-hydrogen) atoms. The van der Waals surface area contributed by atoms with E-state index >= 15 is 0 Å². The Morgan fingerprint density at radius 3 is 2.87 bits per heavy atom. The van der Waals surface area contributed by atoms with E-state index in [0.717, 1.165) is 41.0 Å². The number of ether oxygens (including phenoxy) is 1. The molecular weight excluding hydrogens is 378 g/mol. The van der Waals surface area contributed by atoms with E-state index in [1.807, 2.05) is 44.6 Å². The molecule has 0 atom stereocenters. The first kappa shape index (κ1) is 19.9. The van der Waals surface area contributed by atoms with Crippen molar-refractivity contribution in [3.63, 3.8) is 0 Å². The number of pyridine rings is 2. The Kier molecular flexibility index (Phi) is 5.65. The summed E-state index contributed by atoms with van der Waals surface area (Å²) in [5.74, 6) is 0.544. The molecule has 8 nitrogen and oxygen atoms in total. The van der Waals surface area contributed by atoms with E-state index in [9.17, 15) is 0 Å². The first-order valence-electron chi connectivity index (χ1n) is 10.2. The van der Waals surface area contributed by atoms with Gasteiger partial charge in [0.1, 0.15) is 5.69 Å². The maximum absolute atomic E-state index is 8.34. The van der Waals surface area contributed by atoms with E-state index in [2.05, 4.69) is 20.7 Å². The minimum Gasteiger partial charge on any atom is -0.477 e. The molecule has 3 N–H and O–H groups in total. The Morgan fingerprint density at radius 2 is 2.20 bits per heavy atom. The lowest BCUT2D eigenvalue weighted by Gasteiger charge is -2.19. The SMILES string of the molecule is CCOc1ncccc1-c1cc(NCc2cnn(C)c2)c(NC2CC2)c(C(C)=N)n1. The minimum atomic E-state index is 0.409.